The van der Waals surface area contributed by atoms with Crippen molar-refractivity contribution in [2.24, 2.45) is 0 Å². The Morgan fingerprint density at radius 3 is 2.40 bits per heavy atom. The number of rotatable bonds is 1. The third-order valence-corrected chi connectivity index (χ3v) is 2.53. The highest BCUT2D eigenvalue weighted by Crippen LogP contribution is 2.30. The highest BCUT2D eigenvalue weighted by molar-refractivity contribution is 5.90. The summed E-state index contributed by atoms with van der Waals surface area (Å²) < 4.78 is 0. The summed E-state index contributed by atoms with van der Waals surface area (Å²) in [6, 6.07) is 1.50. The van der Waals surface area contributed by atoms with E-state index in [-0.39, 0.29) is 11.8 Å². The molecule has 2 amide bonds. The largest absolute Gasteiger partial charge is 0.507 e. The summed E-state index contributed by atoms with van der Waals surface area (Å²) in [6.07, 6.45) is 0. The predicted octanol–water partition coefficient (Wildman–Crippen LogP) is 2.07. The van der Waals surface area contributed by atoms with Crippen molar-refractivity contribution in [3.63, 3.8) is 0 Å². The van der Waals surface area contributed by atoms with Crippen LogP contribution in [0.15, 0.2) is 6.07 Å². The Morgan fingerprint density at radius 1 is 1.27 bits per heavy atom. The van der Waals surface area contributed by atoms with Crippen LogP contribution in [0.5, 0.6) is 5.75 Å². The van der Waals surface area contributed by atoms with Crippen molar-refractivity contribution in [1.82, 2.24) is 5.32 Å². The van der Waals surface area contributed by atoms with Gasteiger partial charge in [0.2, 0.25) is 0 Å². The number of nitrogens with one attached hydrogen (secondary N) is 2. The van der Waals surface area contributed by atoms with Gasteiger partial charge in [0.05, 0.1) is 0 Å². The second-order valence-electron chi connectivity index (χ2n) is 3.54. The van der Waals surface area contributed by atoms with Gasteiger partial charge in [0.1, 0.15) is 5.75 Å². The van der Waals surface area contributed by atoms with E-state index >= 15 is 0 Å². The lowest BCUT2D eigenvalue weighted by Gasteiger charge is -2.13. The summed E-state index contributed by atoms with van der Waals surface area (Å²) in [5, 5.41) is 14.9. The SMILES string of the molecule is CNC(=O)Nc1cc(C)c(O)c(C)c1C. The van der Waals surface area contributed by atoms with Gasteiger partial charge >= 0.3 is 6.03 Å². The first-order valence-corrected chi connectivity index (χ1v) is 4.76. The van der Waals surface area contributed by atoms with Gasteiger partial charge in [0.25, 0.3) is 0 Å². The monoisotopic (exact) mass is 208 g/mol. The van der Waals surface area contributed by atoms with Gasteiger partial charge < -0.3 is 15.7 Å². The minimum Gasteiger partial charge on any atom is -0.507 e. The van der Waals surface area contributed by atoms with Gasteiger partial charge in [0.15, 0.2) is 0 Å². The molecule has 3 N–H and O–H groups in total. The molecule has 0 atom stereocenters. The maximum Gasteiger partial charge on any atom is 0.318 e. The number of carbonyl (C=O) groups is 1. The van der Waals surface area contributed by atoms with E-state index in [9.17, 15) is 9.90 Å². The number of carbonyl (C=O) groups excluding carboxylic acids is 1. The van der Waals surface area contributed by atoms with Crippen LogP contribution < -0.4 is 10.6 Å². The number of aromatic hydroxyl groups is 1. The summed E-state index contributed by atoms with van der Waals surface area (Å²) in [5.41, 5.74) is 3.15. The summed E-state index contributed by atoms with van der Waals surface area (Å²) >= 11 is 0. The first-order valence-electron chi connectivity index (χ1n) is 4.76. The number of benzene rings is 1. The number of urea groups is 1. The summed E-state index contributed by atoms with van der Waals surface area (Å²) in [4.78, 5) is 11.2. The van der Waals surface area contributed by atoms with Crippen LogP contribution in [0, 0.1) is 20.8 Å². The molecule has 0 aliphatic carbocycles. The molecule has 0 spiro atoms. The third kappa shape index (κ3) is 2.21. The van der Waals surface area contributed by atoms with Crippen LogP contribution in [0.1, 0.15) is 16.7 Å². The summed E-state index contributed by atoms with van der Waals surface area (Å²) in [7, 11) is 1.56. The summed E-state index contributed by atoms with van der Waals surface area (Å²) in [5.74, 6) is 0.287. The van der Waals surface area contributed by atoms with Crippen LogP contribution in [-0.2, 0) is 0 Å². The van der Waals surface area contributed by atoms with Crippen molar-refractivity contribution in [1.29, 1.82) is 0 Å². The molecular formula is C11H16N2O2. The molecule has 1 aromatic carbocycles. The van der Waals surface area contributed by atoms with E-state index in [1.807, 2.05) is 13.8 Å². The zero-order valence-electron chi connectivity index (χ0n) is 9.43. The van der Waals surface area contributed by atoms with Gasteiger partial charge in [-0.05, 0) is 43.5 Å². The first kappa shape index (κ1) is 11.4. The molecular weight excluding hydrogens is 192 g/mol. The topological polar surface area (TPSA) is 61.4 Å². The first-order chi connectivity index (χ1) is 6.97. The number of anilines is 1. The Hall–Kier alpha value is -1.71. The van der Waals surface area contributed by atoms with Crippen molar-refractivity contribution in [2.45, 2.75) is 20.8 Å². The van der Waals surface area contributed by atoms with Gasteiger partial charge in [-0.25, -0.2) is 4.79 Å². The molecule has 1 aromatic rings. The molecule has 0 heterocycles. The molecule has 0 radical (unpaired) electrons. The Labute approximate surface area is 89.3 Å². The van der Waals surface area contributed by atoms with Crippen LogP contribution in [-0.4, -0.2) is 18.2 Å². The van der Waals surface area contributed by atoms with Crippen molar-refractivity contribution in [3.8, 4) is 5.75 Å². The van der Waals surface area contributed by atoms with Gasteiger partial charge in [0, 0.05) is 12.7 Å². The Morgan fingerprint density at radius 2 is 1.87 bits per heavy atom. The fourth-order valence-electron chi connectivity index (χ4n) is 1.38. The zero-order valence-corrected chi connectivity index (χ0v) is 9.43. The van der Waals surface area contributed by atoms with E-state index in [2.05, 4.69) is 10.6 Å². The Kier molecular flexibility index (Phi) is 3.19. The average molecular weight is 208 g/mol. The second-order valence-corrected chi connectivity index (χ2v) is 3.54. The molecule has 0 aliphatic heterocycles. The minimum atomic E-state index is -0.261. The van der Waals surface area contributed by atoms with Crippen LogP contribution in [0.25, 0.3) is 0 Å². The van der Waals surface area contributed by atoms with E-state index in [0.29, 0.717) is 0 Å². The lowest BCUT2D eigenvalue weighted by Crippen LogP contribution is -2.25. The number of phenolic OH excluding ortho intramolecular Hbond substituents is 1. The van der Waals surface area contributed by atoms with Crippen LogP contribution in [0.2, 0.25) is 0 Å². The number of amides is 2. The standard InChI is InChI=1S/C11H16N2O2/c1-6-5-9(13-11(15)12-4)7(2)8(3)10(6)14/h5,14H,1-4H3,(H2,12,13,15). The van der Waals surface area contributed by atoms with Crippen LogP contribution >= 0.6 is 0 Å². The van der Waals surface area contributed by atoms with Crippen molar-refractivity contribution in [2.75, 3.05) is 12.4 Å². The summed E-state index contributed by atoms with van der Waals surface area (Å²) in [6.45, 7) is 5.49. The molecule has 82 valence electrons. The maximum absolute atomic E-state index is 11.2. The van der Waals surface area contributed by atoms with E-state index < -0.39 is 0 Å². The minimum absolute atomic E-state index is 0.261. The lowest BCUT2D eigenvalue weighted by atomic mass is 10.0. The van der Waals surface area contributed by atoms with Gasteiger partial charge in [-0.15, -0.1) is 0 Å². The number of phenols is 1. The molecule has 0 saturated carbocycles. The van der Waals surface area contributed by atoms with E-state index in [1.54, 1.807) is 20.0 Å². The number of aryl methyl sites for hydroxylation is 1. The predicted molar refractivity (Wildman–Crippen MR) is 60.4 cm³/mol. The molecule has 0 saturated heterocycles. The molecule has 0 aromatic heterocycles. The molecule has 0 aliphatic rings. The molecule has 0 bridgehead atoms. The van der Waals surface area contributed by atoms with Gasteiger partial charge in [-0.1, -0.05) is 0 Å². The number of hydrogen-bond donors (Lipinski definition) is 3. The van der Waals surface area contributed by atoms with Gasteiger partial charge in [-0.3, -0.25) is 0 Å². The lowest BCUT2D eigenvalue weighted by molar-refractivity contribution is 0.254. The van der Waals surface area contributed by atoms with Crippen LogP contribution in [0.3, 0.4) is 0 Å². The Bertz CT molecular complexity index is 400. The van der Waals surface area contributed by atoms with E-state index in [1.165, 1.54) is 0 Å². The van der Waals surface area contributed by atoms with E-state index in [4.69, 9.17) is 0 Å². The smallest absolute Gasteiger partial charge is 0.318 e. The Balaban J connectivity index is 3.15. The van der Waals surface area contributed by atoms with Crippen molar-refractivity contribution < 1.29 is 9.90 Å². The van der Waals surface area contributed by atoms with Crippen molar-refractivity contribution in [3.05, 3.63) is 22.8 Å². The number of hydrogen-bond acceptors (Lipinski definition) is 2. The van der Waals surface area contributed by atoms with Gasteiger partial charge in [-0.2, -0.15) is 0 Å². The fraction of sp³-hybridized carbons (Fsp3) is 0.364. The molecule has 15 heavy (non-hydrogen) atoms. The quantitative estimate of drug-likeness (QED) is 0.619. The van der Waals surface area contributed by atoms with E-state index in [0.717, 1.165) is 22.4 Å². The molecule has 1 rings (SSSR count). The third-order valence-electron chi connectivity index (χ3n) is 2.53. The molecule has 0 unspecified atom stereocenters. The molecule has 4 heteroatoms. The fourth-order valence-corrected chi connectivity index (χ4v) is 1.38. The molecule has 4 nitrogen and oxygen atoms in total. The zero-order chi connectivity index (χ0) is 11.6. The van der Waals surface area contributed by atoms with Crippen molar-refractivity contribution >= 4 is 11.7 Å². The highest BCUT2D eigenvalue weighted by atomic mass is 16.3. The van der Waals surface area contributed by atoms with Crippen LogP contribution in [0.4, 0.5) is 10.5 Å². The molecule has 0 fully saturated rings. The second kappa shape index (κ2) is 4.21. The average Bonchev–Trinajstić information content (AvgIpc) is 2.22. The highest BCUT2D eigenvalue weighted by Gasteiger charge is 2.10. The normalized spacial score (nSPS) is 9.87. The maximum atomic E-state index is 11.2.